The SMILES string of the molecule is Cc1ccc(S(=O)(=O)[O-])cc1.Cc1ccc(S(=O)(=O)[O-])cc1.Cc1ccc(S(=O)(=O)[O-])cc1.[P+3]. The third-order valence-electron chi connectivity index (χ3n) is 3.93. The molecule has 34 heavy (non-hydrogen) atoms. The van der Waals surface area contributed by atoms with Gasteiger partial charge in [0.05, 0.1) is 14.7 Å². The van der Waals surface area contributed by atoms with E-state index in [1.165, 1.54) is 36.4 Å². The van der Waals surface area contributed by atoms with Crippen LogP contribution < -0.4 is 0 Å². The van der Waals surface area contributed by atoms with Gasteiger partial charge < -0.3 is 13.7 Å². The van der Waals surface area contributed by atoms with Crippen LogP contribution in [0.1, 0.15) is 16.7 Å². The van der Waals surface area contributed by atoms with Gasteiger partial charge in [-0.25, -0.2) is 25.3 Å². The summed E-state index contributed by atoms with van der Waals surface area (Å²) in [6.07, 6.45) is 0. The minimum Gasteiger partial charge on any atom is -0.744 e. The number of aryl methyl sites for hydroxylation is 3. The van der Waals surface area contributed by atoms with Crippen molar-refractivity contribution in [3.05, 3.63) is 89.5 Å². The molecule has 0 saturated carbocycles. The smallest absolute Gasteiger partial charge is 0.744 e. The molecule has 0 N–H and O–H groups in total. The minimum atomic E-state index is -4.27. The fourth-order valence-corrected chi connectivity index (χ4v) is 3.52. The molecule has 182 valence electrons. The number of rotatable bonds is 3. The Morgan fingerprint density at radius 2 is 0.559 bits per heavy atom. The van der Waals surface area contributed by atoms with Crippen molar-refractivity contribution in [1.29, 1.82) is 0 Å². The molecule has 0 unspecified atom stereocenters. The van der Waals surface area contributed by atoms with Gasteiger partial charge in [-0.15, -0.1) is 0 Å². The van der Waals surface area contributed by atoms with E-state index in [1.54, 1.807) is 36.4 Å². The van der Waals surface area contributed by atoms with Gasteiger partial charge in [0, 0.05) is 0 Å². The monoisotopic (exact) mass is 544 g/mol. The zero-order chi connectivity index (χ0) is 25.4. The van der Waals surface area contributed by atoms with E-state index in [2.05, 4.69) is 0 Å². The normalized spacial score (nSPS) is 11.1. The summed E-state index contributed by atoms with van der Waals surface area (Å²) in [6.45, 7) is 5.46. The summed E-state index contributed by atoms with van der Waals surface area (Å²) in [5.74, 6) is 0. The first-order valence-corrected chi connectivity index (χ1v) is 13.3. The Hall–Kier alpha value is -2.18. The molecule has 0 aliphatic carbocycles. The van der Waals surface area contributed by atoms with Crippen LogP contribution >= 0.6 is 9.90 Å². The van der Waals surface area contributed by atoms with Crippen LogP contribution in [0.4, 0.5) is 0 Å². The molecular formula is C21H21O9PS3. The average molecular weight is 545 g/mol. The van der Waals surface area contributed by atoms with Crippen molar-refractivity contribution >= 4 is 40.3 Å². The van der Waals surface area contributed by atoms with E-state index < -0.39 is 30.4 Å². The van der Waals surface area contributed by atoms with Gasteiger partial charge in [-0.3, -0.25) is 0 Å². The van der Waals surface area contributed by atoms with Crippen LogP contribution in [-0.4, -0.2) is 38.9 Å². The van der Waals surface area contributed by atoms with Crippen molar-refractivity contribution in [1.82, 2.24) is 0 Å². The standard InChI is InChI=1S/3C7H8O3S.P/c3*1-6-2-4-7(5-3-6)11(8,9)10;/h3*2-5H,1H3,(H,8,9,10);/q;;;+3/p-3. The first-order chi connectivity index (χ1) is 15.0. The van der Waals surface area contributed by atoms with Crippen LogP contribution in [0.3, 0.4) is 0 Å². The molecule has 0 heterocycles. The summed E-state index contributed by atoms with van der Waals surface area (Å²) >= 11 is 0. The first kappa shape index (κ1) is 31.8. The Morgan fingerprint density at radius 3 is 0.676 bits per heavy atom. The van der Waals surface area contributed by atoms with Gasteiger partial charge in [0.1, 0.15) is 30.4 Å². The van der Waals surface area contributed by atoms with Crippen LogP contribution in [0.5, 0.6) is 0 Å². The third kappa shape index (κ3) is 11.8. The number of benzene rings is 3. The Balaban J connectivity index is 0.000000473. The molecule has 0 bridgehead atoms. The van der Waals surface area contributed by atoms with E-state index in [0.29, 0.717) is 0 Å². The second-order valence-electron chi connectivity index (χ2n) is 6.80. The van der Waals surface area contributed by atoms with Crippen LogP contribution in [0.25, 0.3) is 0 Å². The molecule has 0 aliphatic heterocycles. The Bertz CT molecular complexity index is 1190. The topological polar surface area (TPSA) is 172 Å². The van der Waals surface area contributed by atoms with Crippen LogP contribution in [0, 0.1) is 20.8 Å². The quantitative estimate of drug-likeness (QED) is 0.353. The van der Waals surface area contributed by atoms with Gasteiger partial charge in [0.15, 0.2) is 0 Å². The summed E-state index contributed by atoms with van der Waals surface area (Å²) in [5, 5.41) is 0. The van der Waals surface area contributed by atoms with Crippen molar-refractivity contribution in [2.24, 2.45) is 0 Å². The number of hydrogen-bond donors (Lipinski definition) is 0. The maximum atomic E-state index is 10.4. The van der Waals surface area contributed by atoms with Gasteiger partial charge in [-0.1, -0.05) is 53.1 Å². The van der Waals surface area contributed by atoms with Gasteiger partial charge in [0.2, 0.25) is 0 Å². The minimum absolute atomic E-state index is 0. The zero-order valence-corrected chi connectivity index (χ0v) is 21.6. The molecule has 3 aromatic rings. The zero-order valence-electron chi connectivity index (χ0n) is 18.3. The van der Waals surface area contributed by atoms with E-state index in [0.717, 1.165) is 16.7 Å². The van der Waals surface area contributed by atoms with E-state index in [9.17, 15) is 38.9 Å². The van der Waals surface area contributed by atoms with Crippen molar-refractivity contribution in [3.63, 3.8) is 0 Å². The largest absolute Gasteiger partial charge is 3.00 e. The Kier molecular flexibility index (Phi) is 12.2. The predicted molar refractivity (Wildman–Crippen MR) is 124 cm³/mol. The molecule has 0 aromatic heterocycles. The molecule has 3 rings (SSSR count). The second-order valence-corrected chi connectivity index (χ2v) is 10.9. The summed E-state index contributed by atoms with van der Waals surface area (Å²) in [7, 11) is -12.8. The third-order valence-corrected chi connectivity index (χ3v) is 6.48. The first-order valence-electron chi connectivity index (χ1n) is 9.08. The van der Waals surface area contributed by atoms with Crippen LogP contribution in [0.15, 0.2) is 87.5 Å². The van der Waals surface area contributed by atoms with E-state index in [1.807, 2.05) is 20.8 Å². The molecule has 3 aromatic carbocycles. The predicted octanol–water partition coefficient (Wildman–Crippen LogP) is 3.56. The maximum absolute atomic E-state index is 10.4. The van der Waals surface area contributed by atoms with Crippen LogP contribution in [-0.2, 0) is 30.4 Å². The van der Waals surface area contributed by atoms with Crippen molar-refractivity contribution in [3.8, 4) is 0 Å². The molecule has 0 fully saturated rings. The molecule has 0 atom stereocenters. The average Bonchev–Trinajstić information content (AvgIpc) is 2.68. The Labute approximate surface area is 203 Å². The number of hydrogen-bond acceptors (Lipinski definition) is 9. The van der Waals surface area contributed by atoms with E-state index in [-0.39, 0.29) is 24.6 Å². The maximum Gasteiger partial charge on any atom is 3.00 e. The van der Waals surface area contributed by atoms with Gasteiger partial charge in [-0.2, -0.15) is 0 Å². The van der Waals surface area contributed by atoms with Gasteiger partial charge in [0.25, 0.3) is 0 Å². The molecule has 0 amide bonds. The fraction of sp³-hybridized carbons (Fsp3) is 0.143. The second kappa shape index (κ2) is 13.1. The molecule has 0 aliphatic rings. The summed E-state index contributed by atoms with van der Waals surface area (Å²) in [6, 6.07) is 17.3. The Morgan fingerprint density at radius 1 is 0.412 bits per heavy atom. The summed E-state index contributed by atoms with van der Waals surface area (Å²) in [5.41, 5.74) is 2.78. The summed E-state index contributed by atoms with van der Waals surface area (Å²) < 4.78 is 93.5. The fourth-order valence-electron chi connectivity index (χ4n) is 2.11. The molecule has 13 heteroatoms. The molecule has 0 saturated heterocycles. The van der Waals surface area contributed by atoms with Crippen molar-refractivity contribution in [2.75, 3.05) is 0 Å². The molecule has 2 radical (unpaired) electrons. The molecule has 9 nitrogen and oxygen atoms in total. The molecular weight excluding hydrogens is 523 g/mol. The van der Waals surface area contributed by atoms with Gasteiger partial charge in [-0.05, 0) is 57.2 Å². The van der Waals surface area contributed by atoms with Crippen LogP contribution in [0.2, 0.25) is 0 Å². The van der Waals surface area contributed by atoms with Crippen molar-refractivity contribution in [2.45, 2.75) is 35.5 Å². The van der Waals surface area contributed by atoms with Gasteiger partial charge >= 0.3 is 9.90 Å². The van der Waals surface area contributed by atoms with Crippen molar-refractivity contribution < 1.29 is 38.9 Å². The van der Waals surface area contributed by atoms with E-state index >= 15 is 0 Å². The molecule has 0 spiro atoms. The van der Waals surface area contributed by atoms with E-state index in [4.69, 9.17) is 0 Å². The summed E-state index contributed by atoms with van der Waals surface area (Å²) in [4.78, 5) is -0.533.